The number of ether oxygens (including phenoxy) is 1. The summed E-state index contributed by atoms with van der Waals surface area (Å²) < 4.78 is 8.81. The van der Waals surface area contributed by atoms with Crippen molar-refractivity contribution in [2.75, 3.05) is 0 Å². The van der Waals surface area contributed by atoms with E-state index in [0.717, 1.165) is 17.1 Å². The predicted molar refractivity (Wildman–Crippen MR) is 192 cm³/mol. The Morgan fingerprint density at radius 1 is 0.370 bits per heavy atom. The zero-order valence-electron chi connectivity index (χ0n) is 24.9. The Balaban J connectivity index is 1.19. The van der Waals surface area contributed by atoms with Gasteiger partial charge in [0, 0.05) is 27.4 Å². The second kappa shape index (κ2) is 9.69. The van der Waals surface area contributed by atoms with Crippen LogP contribution in [0, 0.1) is 0 Å². The van der Waals surface area contributed by atoms with Gasteiger partial charge in [-0.2, -0.15) is 0 Å². The smallest absolute Gasteiger partial charge is 0.135 e. The molecule has 1 aromatic heterocycles. The van der Waals surface area contributed by atoms with Gasteiger partial charge >= 0.3 is 0 Å². The molecule has 8 aromatic carbocycles. The van der Waals surface area contributed by atoms with E-state index in [1.165, 1.54) is 76.9 Å². The fourth-order valence-corrected chi connectivity index (χ4v) is 7.62. The van der Waals surface area contributed by atoms with Crippen LogP contribution in [0.2, 0.25) is 0 Å². The molecule has 0 N–H and O–H groups in total. The minimum absolute atomic E-state index is 0.898. The summed E-state index contributed by atoms with van der Waals surface area (Å²) in [6.07, 6.45) is 0. The molecule has 0 unspecified atom stereocenters. The molecule has 1 aliphatic heterocycles. The van der Waals surface area contributed by atoms with E-state index in [2.05, 4.69) is 168 Å². The van der Waals surface area contributed by atoms with Crippen molar-refractivity contribution in [2.24, 2.45) is 0 Å². The molecule has 0 atom stereocenters. The highest BCUT2D eigenvalue weighted by atomic mass is 16.5. The fourth-order valence-electron chi connectivity index (χ4n) is 7.62. The Morgan fingerprint density at radius 2 is 1.09 bits per heavy atom. The van der Waals surface area contributed by atoms with Crippen molar-refractivity contribution in [3.05, 3.63) is 164 Å². The van der Waals surface area contributed by atoms with Gasteiger partial charge < -0.3 is 9.30 Å². The molecule has 46 heavy (non-hydrogen) atoms. The third-order valence-electron chi connectivity index (χ3n) is 9.59. The summed E-state index contributed by atoms with van der Waals surface area (Å²) in [6, 6.07) is 59.0. The van der Waals surface area contributed by atoms with Crippen LogP contribution >= 0.6 is 0 Å². The van der Waals surface area contributed by atoms with Gasteiger partial charge in [-0.15, -0.1) is 0 Å². The lowest BCUT2D eigenvalue weighted by Crippen LogP contribution is -1.97. The van der Waals surface area contributed by atoms with Crippen molar-refractivity contribution in [3.8, 4) is 50.6 Å². The van der Waals surface area contributed by atoms with Crippen LogP contribution in [-0.4, -0.2) is 4.57 Å². The van der Waals surface area contributed by atoms with Gasteiger partial charge in [-0.3, -0.25) is 0 Å². The van der Waals surface area contributed by atoms with Crippen molar-refractivity contribution < 1.29 is 4.74 Å². The monoisotopic (exact) mass is 585 g/mol. The summed E-state index contributed by atoms with van der Waals surface area (Å²) in [6.45, 7) is 0. The van der Waals surface area contributed by atoms with E-state index in [0.29, 0.717) is 0 Å². The first-order valence-corrected chi connectivity index (χ1v) is 15.8. The highest BCUT2D eigenvalue weighted by Gasteiger charge is 2.22. The Labute approximate surface area is 266 Å². The fraction of sp³-hybridized carbons (Fsp3) is 0. The third kappa shape index (κ3) is 3.59. The second-order valence-corrected chi connectivity index (χ2v) is 12.1. The van der Waals surface area contributed by atoms with Crippen LogP contribution in [0.3, 0.4) is 0 Å². The number of benzene rings is 8. The largest absolute Gasteiger partial charge is 0.456 e. The molecule has 1 aliphatic rings. The van der Waals surface area contributed by atoms with Gasteiger partial charge in [-0.1, -0.05) is 121 Å². The number of hydrogen-bond donors (Lipinski definition) is 0. The second-order valence-electron chi connectivity index (χ2n) is 12.1. The zero-order valence-corrected chi connectivity index (χ0v) is 24.9. The van der Waals surface area contributed by atoms with Gasteiger partial charge in [-0.05, 0) is 86.4 Å². The van der Waals surface area contributed by atoms with Crippen molar-refractivity contribution >= 4 is 43.4 Å². The Kier molecular flexibility index (Phi) is 5.31. The van der Waals surface area contributed by atoms with Gasteiger partial charge in [0.05, 0.1) is 11.0 Å². The molecule has 9 aromatic rings. The summed E-state index contributed by atoms with van der Waals surface area (Å²) in [5.74, 6) is 1.82. The lowest BCUT2D eigenvalue weighted by molar-refractivity contribution is 0.487. The van der Waals surface area contributed by atoms with Crippen LogP contribution in [0.1, 0.15) is 0 Å². The Bertz CT molecular complexity index is 2660. The van der Waals surface area contributed by atoms with Crippen LogP contribution in [0.5, 0.6) is 11.5 Å². The number of nitrogens with zero attached hydrogens (tertiary/aromatic N) is 1. The van der Waals surface area contributed by atoms with E-state index in [4.69, 9.17) is 4.74 Å². The standard InChI is InChI=1S/C44H27NO/c1-2-13-30(14-3-1)45-39-21-7-6-17-37(39)44-35-20-10-18-33(34(35)24-25-40(44)45)32-16-5-4-15-31(32)29-23-26-41-38(27-29)36-19-8-11-28-12-9-22-42(46-41)43(28)36/h1-27H. The quantitative estimate of drug-likeness (QED) is 0.201. The maximum Gasteiger partial charge on any atom is 0.135 e. The van der Waals surface area contributed by atoms with Crippen molar-refractivity contribution in [1.82, 2.24) is 4.57 Å². The average Bonchev–Trinajstić information content (AvgIpc) is 3.47. The molecule has 2 nitrogen and oxygen atoms in total. The van der Waals surface area contributed by atoms with Gasteiger partial charge in [0.1, 0.15) is 11.5 Å². The van der Waals surface area contributed by atoms with E-state index in [9.17, 15) is 0 Å². The number of rotatable bonds is 3. The first-order valence-electron chi connectivity index (χ1n) is 15.8. The Hall–Kier alpha value is -6.12. The molecular weight excluding hydrogens is 558 g/mol. The average molecular weight is 586 g/mol. The number of hydrogen-bond acceptors (Lipinski definition) is 1. The van der Waals surface area contributed by atoms with Gasteiger partial charge in [0.15, 0.2) is 0 Å². The summed E-state index contributed by atoms with van der Waals surface area (Å²) in [7, 11) is 0. The lowest BCUT2D eigenvalue weighted by atomic mass is 9.88. The van der Waals surface area contributed by atoms with Crippen molar-refractivity contribution in [3.63, 3.8) is 0 Å². The molecule has 10 rings (SSSR count). The van der Waals surface area contributed by atoms with E-state index in [-0.39, 0.29) is 0 Å². The third-order valence-corrected chi connectivity index (χ3v) is 9.59. The molecule has 0 saturated carbocycles. The van der Waals surface area contributed by atoms with E-state index in [1.807, 2.05) is 0 Å². The minimum atomic E-state index is 0.898. The van der Waals surface area contributed by atoms with Crippen LogP contribution in [0.4, 0.5) is 0 Å². The maximum absolute atomic E-state index is 6.42. The van der Waals surface area contributed by atoms with E-state index < -0.39 is 0 Å². The van der Waals surface area contributed by atoms with E-state index >= 15 is 0 Å². The van der Waals surface area contributed by atoms with Crippen LogP contribution in [0.25, 0.3) is 82.4 Å². The molecule has 0 amide bonds. The molecular formula is C44H27NO. The van der Waals surface area contributed by atoms with Crippen molar-refractivity contribution in [2.45, 2.75) is 0 Å². The molecule has 0 saturated heterocycles. The minimum Gasteiger partial charge on any atom is -0.456 e. The first-order chi connectivity index (χ1) is 22.8. The summed E-state index contributed by atoms with van der Waals surface area (Å²) in [5.41, 5.74) is 10.8. The molecule has 0 radical (unpaired) electrons. The Morgan fingerprint density at radius 3 is 2.00 bits per heavy atom. The highest BCUT2D eigenvalue weighted by Crippen LogP contribution is 2.48. The molecule has 2 heterocycles. The number of aromatic nitrogens is 1. The van der Waals surface area contributed by atoms with Crippen LogP contribution in [-0.2, 0) is 0 Å². The van der Waals surface area contributed by atoms with Gasteiger partial charge in [0.2, 0.25) is 0 Å². The number of fused-ring (bicyclic) bond motifs is 7. The zero-order chi connectivity index (χ0) is 30.2. The topological polar surface area (TPSA) is 14.2 Å². The van der Waals surface area contributed by atoms with Gasteiger partial charge in [0.25, 0.3) is 0 Å². The maximum atomic E-state index is 6.42. The summed E-state index contributed by atoms with van der Waals surface area (Å²) in [5, 5.41) is 7.43. The molecule has 0 aliphatic carbocycles. The van der Waals surface area contributed by atoms with Crippen molar-refractivity contribution in [1.29, 1.82) is 0 Å². The molecule has 214 valence electrons. The highest BCUT2D eigenvalue weighted by molar-refractivity contribution is 6.23. The number of para-hydroxylation sites is 2. The van der Waals surface area contributed by atoms with E-state index in [1.54, 1.807) is 0 Å². The van der Waals surface area contributed by atoms with Crippen LogP contribution < -0.4 is 4.74 Å². The van der Waals surface area contributed by atoms with Crippen LogP contribution in [0.15, 0.2) is 164 Å². The molecule has 0 bridgehead atoms. The predicted octanol–water partition coefficient (Wildman–Crippen LogP) is 12.2. The molecule has 0 spiro atoms. The molecule has 2 heteroatoms. The normalized spacial score (nSPS) is 12.1. The first kappa shape index (κ1) is 25.2. The molecule has 0 fully saturated rings. The SMILES string of the molecule is c1ccc(-n2c3ccccc3c3c4cccc(-c5ccccc5-c5ccc6c(c5)-c5cccc7cccc(c57)O6)c4ccc32)cc1. The summed E-state index contributed by atoms with van der Waals surface area (Å²) in [4.78, 5) is 0. The summed E-state index contributed by atoms with van der Waals surface area (Å²) >= 11 is 0. The van der Waals surface area contributed by atoms with Gasteiger partial charge in [-0.25, -0.2) is 0 Å². The lowest BCUT2D eigenvalue weighted by Gasteiger charge is -2.22.